The van der Waals surface area contributed by atoms with Crippen molar-refractivity contribution in [3.8, 4) is 0 Å². The molecule has 1 aliphatic heterocycles. The number of nitrogens with one attached hydrogen (secondary N) is 2. The smallest absolute Gasteiger partial charge is 0.305 e. The molecule has 0 aliphatic carbocycles. The number of rotatable bonds is 1. The lowest BCUT2D eigenvalue weighted by Crippen LogP contribution is -2.36. The van der Waals surface area contributed by atoms with Crippen molar-refractivity contribution in [3.63, 3.8) is 0 Å². The summed E-state index contributed by atoms with van der Waals surface area (Å²) in [5.74, 6) is 0. The Hall–Kier alpha value is -1.55. The van der Waals surface area contributed by atoms with Crippen molar-refractivity contribution in [1.82, 2.24) is 14.9 Å². The molecule has 1 aromatic carbocycles. The number of fused-ring (bicyclic) bond motifs is 1. The fourth-order valence-electron chi connectivity index (χ4n) is 2.44. The van der Waals surface area contributed by atoms with Gasteiger partial charge in [0.25, 0.3) is 0 Å². The van der Waals surface area contributed by atoms with E-state index in [1.165, 1.54) is 12.8 Å². The summed E-state index contributed by atoms with van der Waals surface area (Å²) in [6.07, 6.45) is 3.57. The fraction of sp³-hybridized carbons (Fsp3) is 0.417. The van der Waals surface area contributed by atoms with E-state index in [1.54, 1.807) is 0 Å². The highest BCUT2D eigenvalue weighted by atomic mass is 16.1. The summed E-state index contributed by atoms with van der Waals surface area (Å²) in [6.45, 7) is 0.997. The van der Waals surface area contributed by atoms with Crippen molar-refractivity contribution < 1.29 is 0 Å². The summed E-state index contributed by atoms with van der Waals surface area (Å²) >= 11 is 0. The third kappa shape index (κ3) is 1.46. The van der Waals surface area contributed by atoms with Gasteiger partial charge in [-0.1, -0.05) is 12.1 Å². The molecule has 2 N–H and O–H groups in total. The number of imidazole rings is 1. The van der Waals surface area contributed by atoms with E-state index in [4.69, 9.17) is 0 Å². The molecule has 1 atom stereocenters. The van der Waals surface area contributed by atoms with E-state index >= 15 is 0 Å². The molecule has 4 nitrogen and oxygen atoms in total. The molecule has 0 radical (unpaired) electrons. The molecular weight excluding hydrogens is 202 g/mol. The second kappa shape index (κ2) is 3.79. The monoisotopic (exact) mass is 217 g/mol. The van der Waals surface area contributed by atoms with Crippen LogP contribution in [0, 0.1) is 0 Å². The molecule has 0 bridgehead atoms. The summed E-state index contributed by atoms with van der Waals surface area (Å²) in [5.41, 5.74) is 1.90. The number of aromatic nitrogens is 2. The number of hydrogen-bond donors (Lipinski definition) is 2. The van der Waals surface area contributed by atoms with Gasteiger partial charge in [0.15, 0.2) is 0 Å². The molecule has 0 saturated carbocycles. The van der Waals surface area contributed by atoms with Gasteiger partial charge in [-0.3, -0.25) is 9.88 Å². The summed E-state index contributed by atoms with van der Waals surface area (Å²) < 4.78 is 1.84. The first kappa shape index (κ1) is 9.66. The first-order valence-electron chi connectivity index (χ1n) is 5.79. The van der Waals surface area contributed by atoms with Gasteiger partial charge in [0.2, 0.25) is 0 Å². The Morgan fingerprint density at radius 3 is 2.94 bits per heavy atom. The predicted molar refractivity (Wildman–Crippen MR) is 63.4 cm³/mol. The third-order valence-electron chi connectivity index (χ3n) is 3.22. The molecule has 16 heavy (non-hydrogen) atoms. The Balaban J connectivity index is 2.14. The number of piperidine rings is 1. The molecular formula is C12H15N3O. The zero-order valence-electron chi connectivity index (χ0n) is 9.07. The van der Waals surface area contributed by atoms with Crippen LogP contribution in [0.2, 0.25) is 0 Å². The van der Waals surface area contributed by atoms with Gasteiger partial charge in [-0.2, -0.15) is 0 Å². The van der Waals surface area contributed by atoms with Crippen molar-refractivity contribution in [2.75, 3.05) is 6.54 Å². The average molecular weight is 217 g/mol. The summed E-state index contributed by atoms with van der Waals surface area (Å²) in [5, 5.41) is 3.40. The van der Waals surface area contributed by atoms with Crippen LogP contribution in [0.25, 0.3) is 11.0 Å². The van der Waals surface area contributed by atoms with E-state index in [9.17, 15) is 4.79 Å². The zero-order chi connectivity index (χ0) is 11.0. The SMILES string of the molecule is O=c1[nH]c2ccccc2n1C1CCCCN1. The Kier molecular flexibility index (Phi) is 2.29. The van der Waals surface area contributed by atoms with E-state index in [2.05, 4.69) is 10.3 Å². The lowest BCUT2D eigenvalue weighted by molar-refractivity contribution is 0.321. The first-order valence-corrected chi connectivity index (χ1v) is 5.79. The Morgan fingerprint density at radius 1 is 1.25 bits per heavy atom. The topological polar surface area (TPSA) is 49.8 Å². The van der Waals surface area contributed by atoms with Gasteiger partial charge in [0, 0.05) is 0 Å². The maximum Gasteiger partial charge on any atom is 0.327 e. The summed E-state index contributed by atoms with van der Waals surface area (Å²) in [6, 6.07) is 7.84. The first-order chi connectivity index (χ1) is 7.86. The molecule has 2 aromatic rings. The maximum atomic E-state index is 11.9. The Labute approximate surface area is 93.3 Å². The highest BCUT2D eigenvalue weighted by Crippen LogP contribution is 2.19. The van der Waals surface area contributed by atoms with E-state index < -0.39 is 0 Å². The highest BCUT2D eigenvalue weighted by molar-refractivity contribution is 5.75. The lowest BCUT2D eigenvalue weighted by atomic mass is 10.1. The number of para-hydroxylation sites is 2. The van der Waals surface area contributed by atoms with Crippen LogP contribution >= 0.6 is 0 Å². The standard InChI is InChI=1S/C12H15N3O/c16-12-14-9-5-1-2-6-10(9)15(12)11-7-3-4-8-13-11/h1-2,5-6,11,13H,3-4,7-8H2,(H,14,16). The minimum absolute atomic E-state index is 0.0133. The molecule has 4 heteroatoms. The third-order valence-corrected chi connectivity index (χ3v) is 3.22. The normalized spacial score (nSPS) is 21.4. The molecule has 1 saturated heterocycles. The molecule has 0 amide bonds. The number of benzene rings is 1. The Bertz CT molecular complexity index is 549. The van der Waals surface area contributed by atoms with Gasteiger partial charge in [-0.05, 0) is 37.9 Å². The fourth-order valence-corrected chi connectivity index (χ4v) is 2.44. The van der Waals surface area contributed by atoms with Crippen LogP contribution in [-0.2, 0) is 0 Å². The second-order valence-corrected chi connectivity index (χ2v) is 4.28. The lowest BCUT2D eigenvalue weighted by Gasteiger charge is -2.24. The van der Waals surface area contributed by atoms with Gasteiger partial charge in [0.1, 0.15) is 0 Å². The summed E-state index contributed by atoms with van der Waals surface area (Å²) in [4.78, 5) is 14.8. The van der Waals surface area contributed by atoms with E-state index in [0.717, 1.165) is 24.0 Å². The second-order valence-electron chi connectivity index (χ2n) is 4.28. The average Bonchev–Trinajstić information content (AvgIpc) is 2.66. The molecule has 84 valence electrons. The van der Waals surface area contributed by atoms with Crippen molar-refractivity contribution in [3.05, 3.63) is 34.7 Å². The van der Waals surface area contributed by atoms with Crippen molar-refractivity contribution in [1.29, 1.82) is 0 Å². The summed E-state index contributed by atoms with van der Waals surface area (Å²) in [7, 11) is 0. The van der Waals surface area contributed by atoms with Crippen molar-refractivity contribution in [2.24, 2.45) is 0 Å². The quantitative estimate of drug-likeness (QED) is 0.762. The van der Waals surface area contributed by atoms with Gasteiger partial charge >= 0.3 is 5.69 Å². The zero-order valence-corrected chi connectivity index (χ0v) is 9.07. The number of aromatic amines is 1. The molecule has 2 heterocycles. The van der Waals surface area contributed by atoms with E-state index in [1.807, 2.05) is 28.8 Å². The van der Waals surface area contributed by atoms with Gasteiger partial charge in [-0.15, -0.1) is 0 Å². The van der Waals surface area contributed by atoms with Crippen LogP contribution in [0.3, 0.4) is 0 Å². The van der Waals surface area contributed by atoms with Gasteiger partial charge < -0.3 is 4.98 Å². The predicted octanol–water partition coefficient (Wildman–Crippen LogP) is 1.60. The van der Waals surface area contributed by atoms with Crippen molar-refractivity contribution >= 4 is 11.0 Å². The van der Waals surface area contributed by atoms with Crippen LogP contribution < -0.4 is 11.0 Å². The molecule has 1 fully saturated rings. The molecule has 1 aromatic heterocycles. The van der Waals surface area contributed by atoms with Crippen molar-refractivity contribution in [2.45, 2.75) is 25.4 Å². The largest absolute Gasteiger partial charge is 0.327 e. The molecule has 1 unspecified atom stereocenters. The minimum atomic E-state index is -0.0133. The van der Waals surface area contributed by atoms with Crippen LogP contribution in [-0.4, -0.2) is 16.1 Å². The van der Waals surface area contributed by atoms with E-state index in [-0.39, 0.29) is 11.9 Å². The van der Waals surface area contributed by atoms with E-state index in [0.29, 0.717) is 0 Å². The van der Waals surface area contributed by atoms with Crippen LogP contribution in [0.15, 0.2) is 29.1 Å². The van der Waals surface area contributed by atoms with Crippen LogP contribution in [0.5, 0.6) is 0 Å². The van der Waals surface area contributed by atoms with Crippen LogP contribution in [0.4, 0.5) is 0 Å². The number of hydrogen-bond acceptors (Lipinski definition) is 2. The minimum Gasteiger partial charge on any atom is -0.305 e. The maximum absolute atomic E-state index is 11.9. The highest BCUT2D eigenvalue weighted by Gasteiger charge is 2.18. The number of nitrogens with zero attached hydrogens (tertiary/aromatic N) is 1. The molecule has 3 rings (SSSR count). The Morgan fingerprint density at radius 2 is 2.12 bits per heavy atom. The number of H-pyrrole nitrogens is 1. The van der Waals surface area contributed by atoms with Gasteiger partial charge in [0.05, 0.1) is 17.2 Å². The molecule has 0 spiro atoms. The molecule has 1 aliphatic rings. The van der Waals surface area contributed by atoms with Crippen LogP contribution in [0.1, 0.15) is 25.4 Å². The van der Waals surface area contributed by atoms with Gasteiger partial charge in [-0.25, -0.2) is 4.79 Å².